The van der Waals surface area contributed by atoms with Gasteiger partial charge in [-0.3, -0.25) is 0 Å². The van der Waals surface area contributed by atoms with Gasteiger partial charge in [0.1, 0.15) is 11.2 Å². The molecule has 5 heteroatoms. The first-order valence-electron chi connectivity index (χ1n) is 10.9. The van der Waals surface area contributed by atoms with Gasteiger partial charge in [-0.1, -0.05) is 60.1 Å². The lowest BCUT2D eigenvalue weighted by Crippen LogP contribution is -2.49. The molecule has 0 bridgehead atoms. The van der Waals surface area contributed by atoms with Crippen molar-refractivity contribution in [1.82, 2.24) is 4.98 Å². The highest BCUT2D eigenvalue weighted by atomic mass is 16.5. The van der Waals surface area contributed by atoms with Gasteiger partial charge in [-0.05, 0) is 45.9 Å². The minimum atomic E-state index is -0.935. The predicted octanol–water partition coefficient (Wildman–Crippen LogP) is 5.34. The molecule has 3 aromatic carbocycles. The van der Waals surface area contributed by atoms with E-state index >= 15 is 0 Å². The Morgan fingerprint density at radius 2 is 1.50 bits per heavy atom. The fourth-order valence-electron chi connectivity index (χ4n) is 3.82. The van der Waals surface area contributed by atoms with Crippen molar-refractivity contribution in [2.45, 2.75) is 38.9 Å². The van der Waals surface area contributed by atoms with Gasteiger partial charge in [0.25, 0.3) is 0 Å². The van der Waals surface area contributed by atoms with Gasteiger partial charge in [-0.25, -0.2) is 4.98 Å². The molecule has 0 aliphatic rings. The Kier molecular flexibility index (Phi) is 4.84. The van der Waals surface area contributed by atoms with Crippen LogP contribution in [0.1, 0.15) is 27.7 Å². The Hall–Kier alpha value is -3.15. The van der Waals surface area contributed by atoms with E-state index in [1.807, 2.05) is 50.2 Å². The second-order valence-corrected chi connectivity index (χ2v) is 9.33. The summed E-state index contributed by atoms with van der Waals surface area (Å²) in [4.78, 5) is 5.02. The molecule has 1 N–H and O–H groups in total. The first-order chi connectivity index (χ1) is 15.2. The molecule has 0 unspecified atom stereocenters. The Morgan fingerprint density at radius 1 is 0.844 bits per heavy atom. The molecule has 0 atom stereocenters. The van der Waals surface area contributed by atoms with E-state index in [2.05, 4.69) is 36.4 Å². The van der Waals surface area contributed by atoms with Gasteiger partial charge in [-0.15, -0.1) is 0 Å². The summed E-state index contributed by atoms with van der Waals surface area (Å²) in [6.07, 6.45) is 0. The number of rotatable bonds is 5. The Balaban J connectivity index is 1.58. The van der Waals surface area contributed by atoms with Crippen molar-refractivity contribution in [3.8, 4) is 11.3 Å². The number of hydrogen-bond acceptors (Lipinski definition) is 4. The zero-order chi connectivity index (χ0) is 22.5. The second kappa shape index (κ2) is 7.47. The summed E-state index contributed by atoms with van der Waals surface area (Å²) in [5, 5.41) is 13.4. The van der Waals surface area contributed by atoms with Crippen LogP contribution >= 0.6 is 0 Å². The second-order valence-electron chi connectivity index (χ2n) is 9.33. The maximum Gasteiger partial charge on any atom is 0.309 e. The van der Waals surface area contributed by atoms with Crippen LogP contribution < -0.4 is 5.46 Å². The minimum absolute atomic E-state index is 0.423. The molecule has 2 aromatic heterocycles. The van der Waals surface area contributed by atoms with Crippen molar-refractivity contribution in [1.29, 1.82) is 0 Å². The average Bonchev–Trinajstić information content (AvgIpc) is 3.17. The van der Waals surface area contributed by atoms with Crippen molar-refractivity contribution in [3.05, 3.63) is 72.8 Å². The molecular weight excluding hydrogens is 397 g/mol. The van der Waals surface area contributed by atoms with Gasteiger partial charge in [0.15, 0.2) is 0 Å². The minimum Gasteiger partial charge on any atom is -0.455 e. The maximum absolute atomic E-state index is 10.3. The van der Waals surface area contributed by atoms with Crippen LogP contribution in [0.15, 0.2) is 77.2 Å². The highest BCUT2D eigenvalue weighted by molar-refractivity contribution is 6.47. The van der Waals surface area contributed by atoms with Crippen LogP contribution in [0.25, 0.3) is 44.1 Å². The summed E-state index contributed by atoms with van der Waals surface area (Å²) in [5.74, 6) is 0. The number of aromatic nitrogens is 1. The molecule has 0 spiro atoms. The van der Waals surface area contributed by atoms with Gasteiger partial charge >= 0.3 is 7.48 Å². The summed E-state index contributed by atoms with van der Waals surface area (Å²) in [7, 11) is 0.423. The number of furan rings is 1. The molecule has 0 amide bonds. The predicted molar refractivity (Wildman–Crippen MR) is 133 cm³/mol. The van der Waals surface area contributed by atoms with Crippen molar-refractivity contribution in [3.63, 3.8) is 0 Å². The van der Waals surface area contributed by atoms with E-state index in [1.54, 1.807) is 13.8 Å². The molecule has 0 radical (unpaired) electrons. The Labute approximate surface area is 188 Å². The lowest BCUT2D eigenvalue weighted by atomic mass is 9.82. The third-order valence-electron chi connectivity index (χ3n) is 6.51. The summed E-state index contributed by atoms with van der Waals surface area (Å²) in [5.41, 5.74) is 4.02. The standard InChI is InChI=1S/C27H26BNO3/c1-26(2,30)27(3,4)32-28-18-15-13-17(14-16-18)24-23-20-10-6-8-12-22(20)31-25(23)19-9-5-7-11-21(19)29-24/h5-16,28,30H,1-4H3. The zero-order valence-electron chi connectivity index (χ0n) is 18.8. The van der Waals surface area contributed by atoms with Gasteiger partial charge < -0.3 is 14.2 Å². The third kappa shape index (κ3) is 3.48. The molecule has 0 saturated heterocycles. The summed E-state index contributed by atoms with van der Waals surface area (Å²) in [6.45, 7) is 7.34. The normalized spacial score (nSPS) is 12.7. The number of fused-ring (bicyclic) bond motifs is 5. The van der Waals surface area contributed by atoms with E-state index in [1.165, 1.54) is 0 Å². The zero-order valence-corrected chi connectivity index (χ0v) is 18.8. The molecule has 0 aliphatic carbocycles. The lowest BCUT2D eigenvalue weighted by Gasteiger charge is -2.37. The van der Waals surface area contributed by atoms with E-state index in [0.29, 0.717) is 7.48 Å². The molecule has 2 heterocycles. The van der Waals surface area contributed by atoms with Crippen LogP contribution in [0.4, 0.5) is 0 Å². The quantitative estimate of drug-likeness (QED) is 0.388. The number of benzene rings is 3. The number of hydrogen-bond donors (Lipinski definition) is 1. The van der Waals surface area contributed by atoms with Crippen LogP contribution in [0.3, 0.4) is 0 Å². The largest absolute Gasteiger partial charge is 0.455 e. The summed E-state index contributed by atoms with van der Waals surface area (Å²) >= 11 is 0. The van der Waals surface area contributed by atoms with Crippen LogP contribution in [0.2, 0.25) is 0 Å². The smallest absolute Gasteiger partial charge is 0.309 e. The molecule has 160 valence electrons. The Morgan fingerprint density at radius 3 is 2.22 bits per heavy atom. The Bertz CT molecular complexity index is 1430. The number of nitrogens with zero attached hydrogens (tertiary/aromatic N) is 1. The van der Waals surface area contributed by atoms with Gasteiger partial charge in [0, 0.05) is 16.3 Å². The third-order valence-corrected chi connectivity index (χ3v) is 6.51. The monoisotopic (exact) mass is 423 g/mol. The first kappa shape index (κ1) is 20.7. The summed E-state index contributed by atoms with van der Waals surface area (Å²) in [6, 6.07) is 24.5. The van der Waals surface area contributed by atoms with E-state index in [-0.39, 0.29) is 0 Å². The van der Waals surface area contributed by atoms with E-state index in [0.717, 1.165) is 49.6 Å². The fourth-order valence-corrected chi connectivity index (χ4v) is 3.82. The molecule has 5 rings (SSSR count). The topological polar surface area (TPSA) is 55.5 Å². The number of para-hydroxylation sites is 2. The molecule has 0 fully saturated rings. The molecular formula is C27H26BNO3. The highest BCUT2D eigenvalue weighted by Gasteiger charge is 2.35. The van der Waals surface area contributed by atoms with E-state index in [9.17, 15) is 5.11 Å². The number of aliphatic hydroxyl groups is 1. The summed E-state index contributed by atoms with van der Waals surface area (Å²) < 4.78 is 12.3. The molecule has 4 nitrogen and oxygen atoms in total. The SMILES string of the molecule is CC(C)(O)C(C)(C)OBc1ccc(-c2nc3ccccc3c3oc4ccccc4c23)cc1. The van der Waals surface area contributed by atoms with Crippen LogP contribution in [0.5, 0.6) is 0 Å². The molecule has 0 saturated carbocycles. The molecule has 32 heavy (non-hydrogen) atoms. The van der Waals surface area contributed by atoms with Gasteiger partial charge in [0.2, 0.25) is 0 Å². The van der Waals surface area contributed by atoms with Crippen molar-refractivity contribution >= 4 is 45.8 Å². The maximum atomic E-state index is 10.3. The lowest BCUT2D eigenvalue weighted by molar-refractivity contribution is -0.0893. The van der Waals surface area contributed by atoms with Gasteiger partial charge in [-0.2, -0.15) is 0 Å². The molecule has 5 aromatic rings. The van der Waals surface area contributed by atoms with Gasteiger partial charge in [0.05, 0.1) is 27.8 Å². The first-order valence-corrected chi connectivity index (χ1v) is 10.9. The number of pyridine rings is 1. The van der Waals surface area contributed by atoms with Crippen molar-refractivity contribution in [2.75, 3.05) is 0 Å². The fraction of sp³-hybridized carbons (Fsp3) is 0.222. The van der Waals surface area contributed by atoms with Crippen LogP contribution in [-0.4, -0.2) is 28.8 Å². The van der Waals surface area contributed by atoms with E-state index < -0.39 is 11.2 Å². The van der Waals surface area contributed by atoms with Crippen molar-refractivity contribution in [2.24, 2.45) is 0 Å². The average molecular weight is 423 g/mol. The molecule has 0 aliphatic heterocycles. The van der Waals surface area contributed by atoms with Crippen LogP contribution in [-0.2, 0) is 4.65 Å². The highest BCUT2D eigenvalue weighted by Crippen LogP contribution is 2.39. The van der Waals surface area contributed by atoms with Crippen LogP contribution in [0, 0.1) is 0 Å². The van der Waals surface area contributed by atoms with Crippen molar-refractivity contribution < 1.29 is 14.2 Å². The van der Waals surface area contributed by atoms with E-state index in [4.69, 9.17) is 14.1 Å².